The molecule has 0 spiro atoms. The smallest absolute Gasteiger partial charge is 0.226 e. The van der Waals surface area contributed by atoms with Crippen LogP contribution in [0.3, 0.4) is 0 Å². The van der Waals surface area contributed by atoms with Crippen molar-refractivity contribution in [2.75, 3.05) is 18.8 Å². The number of piperidine rings is 1. The summed E-state index contributed by atoms with van der Waals surface area (Å²) in [6.45, 7) is 2.84. The van der Waals surface area contributed by atoms with E-state index in [1.807, 2.05) is 0 Å². The Morgan fingerprint density at radius 1 is 1.41 bits per heavy atom. The Balaban J connectivity index is 2.05. The molecule has 2 atom stereocenters. The van der Waals surface area contributed by atoms with Crippen LogP contribution >= 0.6 is 15.9 Å². The second-order valence-electron chi connectivity index (χ2n) is 5.82. The number of benzene rings is 1. The van der Waals surface area contributed by atoms with Gasteiger partial charge in [-0.2, -0.15) is 0 Å². The van der Waals surface area contributed by atoms with Crippen molar-refractivity contribution in [3.63, 3.8) is 0 Å². The average molecular weight is 389 g/mol. The zero-order chi connectivity index (χ0) is 16.3. The fourth-order valence-corrected chi connectivity index (χ4v) is 4.47. The van der Waals surface area contributed by atoms with Crippen LogP contribution in [-0.2, 0) is 14.6 Å². The molecule has 1 fully saturated rings. The van der Waals surface area contributed by atoms with Gasteiger partial charge in [-0.05, 0) is 37.1 Å². The summed E-state index contributed by atoms with van der Waals surface area (Å²) in [6.07, 6.45) is 1.79. The first-order valence-electron chi connectivity index (χ1n) is 7.32. The summed E-state index contributed by atoms with van der Waals surface area (Å²) in [5.74, 6) is -0.881. The van der Waals surface area contributed by atoms with Crippen LogP contribution in [0.1, 0.15) is 19.8 Å². The third-order valence-corrected chi connectivity index (χ3v) is 6.29. The minimum absolute atomic E-state index is 0.00650. The molecular formula is C15H21BrN2O3S. The number of sulfone groups is 1. The van der Waals surface area contributed by atoms with E-state index in [2.05, 4.69) is 15.9 Å². The number of hydrogen-bond acceptors (Lipinski definition) is 4. The molecule has 1 aliphatic heterocycles. The fraction of sp³-hybridized carbons (Fsp3) is 0.533. The van der Waals surface area contributed by atoms with Crippen molar-refractivity contribution >= 4 is 31.7 Å². The number of halogens is 1. The first-order chi connectivity index (χ1) is 10.3. The number of nitrogens with two attached hydrogens (primary N) is 1. The zero-order valence-corrected chi connectivity index (χ0v) is 14.9. The zero-order valence-electron chi connectivity index (χ0n) is 12.5. The van der Waals surface area contributed by atoms with Crippen molar-refractivity contribution in [1.82, 2.24) is 4.90 Å². The quantitative estimate of drug-likeness (QED) is 0.852. The second kappa shape index (κ2) is 7.10. The molecule has 1 saturated heterocycles. The maximum Gasteiger partial charge on any atom is 0.226 e. The summed E-state index contributed by atoms with van der Waals surface area (Å²) < 4.78 is 25.6. The van der Waals surface area contributed by atoms with Gasteiger partial charge in [0.15, 0.2) is 9.84 Å². The van der Waals surface area contributed by atoms with Crippen LogP contribution in [0.4, 0.5) is 0 Å². The van der Waals surface area contributed by atoms with Crippen LogP contribution in [0.5, 0.6) is 0 Å². The lowest BCUT2D eigenvalue weighted by molar-refractivity contribution is -0.135. The van der Waals surface area contributed by atoms with Crippen LogP contribution < -0.4 is 5.73 Å². The molecule has 122 valence electrons. The molecule has 2 N–H and O–H groups in total. The minimum Gasteiger partial charge on any atom is -0.341 e. The summed E-state index contributed by atoms with van der Waals surface area (Å²) >= 11 is 3.28. The number of hydrogen-bond donors (Lipinski definition) is 1. The fourth-order valence-electron chi connectivity index (χ4n) is 2.66. The molecule has 1 amide bonds. The van der Waals surface area contributed by atoms with Gasteiger partial charge < -0.3 is 10.6 Å². The first kappa shape index (κ1) is 17.4. The SMILES string of the molecule is CC(CS(=O)(=O)c1ccc(Br)cc1)C(=O)N1CCCC(N)C1. The number of carbonyl (C=O) groups is 1. The molecule has 7 heteroatoms. The van der Waals surface area contributed by atoms with E-state index < -0.39 is 15.8 Å². The molecule has 5 nitrogen and oxygen atoms in total. The molecule has 22 heavy (non-hydrogen) atoms. The molecule has 0 saturated carbocycles. The molecule has 0 aromatic heterocycles. The monoisotopic (exact) mass is 388 g/mol. The lowest BCUT2D eigenvalue weighted by atomic mass is 10.0. The lowest BCUT2D eigenvalue weighted by Crippen LogP contribution is -2.48. The number of rotatable bonds is 4. The summed E-state index contributed by atoms with van der Waals surface area (Å²) in [4.78, 5) is 14.3. The largest absolute Gasteiger partial charge is 0.341 e. The number of amides is 1. The molecular weight excluding hydrogens is 368 g/mol. The standard InChI is InChI=1S/C15H21BrN2O3S/c1-11(15(19)18-8-2-3-13(17)9-18)10-22(20,21)14-6-4-12(16)5-7-14/h4-7,11,13H,2-3,8-10,17H2,1H3. The van der Waals surface area contributed by atoms with Crippen molar-refractivity contribution in [3.8, 4) is 0 Å². The molecule has 1 aliphatic rings. The third-order valence-electron chi connectivity index (χ3n) is 3.83. The molecule has 1 aromatic carbocycles. The van der Waals surface area contributed by atoms with E-state index >= 15 is 0 Å². The predicted octanol–water partition coefficient (Wildman–Crippen LogP) is 1.81. The maximum absolute atomic E-state index is 12.4. The van der Waals surface area contributed by atoms with E-state index in [-0.39, 0.29) is 22.6 Å². The van der Waals surface area contributed by atoms with Gasteiger partial charge in [0.2, 0.25) is 5.91 Å². The summed E-state index contributed by atoms with van der Waals surface area (Å²) in [5, 5.41) is 0. The Hall–Kier alpha value is -0.920. The van der Waals surface area contributed by atoms with Gasteiger partial charge in [-0.1, -0.05) is 22.9 Å². The average Bonchev–Trinajstić information content (AvgIpc) is 2.46. The van der Waals surface area contributed by atoms with E-state index in [9.17, 15) is 13.2 Å². The van der Waals surface area contributed by atoms with Crippen LogP contribution in [0.2, 0.25) is 0 Å². The minimum atomic E-state index is -3.47. The highest BCUT2D eigenvalue weighted by Crippen LogP contribution is 2.19. The van der Waals surface area contributed by atoms with Crippen LogP contribution in [-0.4, -0.2) is 44.1 Å². The second-order valence-corrected chi connectivity index (χ2v) is 8.77. The lowest BCUT2D eigenvalue weighted by Gasteiger charge is -2.32. The topological polar surface area (TPSA) is 80.5 Å². The molecule has 1 heterocycles. The van der Waals surface area contributed by atoms with E-state index in [4.69, 9.17) is 5.73 Å². The highest BCUT2D eigenvalue weighted by atomic mass is 79.9. The van der Waals surface area contributed by atoms with Gasteiger partial charge in [0.05, 0.1) is 10.6 Å². The van der Waals surface area contributed by atoms with Gasteiger partial charge in [0.1, 0.15) is 0 Å². The van der Waals surface area contributed by atoms with Crippen molar-refractivity contribution in [2.45, 2.75) is 30.7 Å². The highest BCUT2D eigenvalue weighted by molar-refractivity contribution is 9.10. The van der Waals surface area contributed by atoms with Crippen molar-refractivity contribution in [1.29, 1.82) is 0 Å². The van der Waals surface area contributed by atoms with E-state index in [0.717, 1.165) is 17.3 Å². The predicted molar refractivity (Wildman–Crippen MR) is 89.1 cm³/mol. The van der Waals surface area contributed by atoms with Gasteiger partial charge in [-0.25, -0.2) is 8.42 Å². The Kier molecular flexibility index (Phi) is 5.63. The van der Waals surface area contributed by atoms with Gasteiger partial charge in [0, 0.05) is 29.5 Å². The van der Waals surface area contributed by atoms with E-state index in [0.29, 0.717) is 13.1 Å². The number of likely N-dealkylation sites (tertiary alicyclic amines) is 1. The van der Waals surface area contributed by atoms with Crippen LogP contribution in [0.25, 0.3) is 0 Å². The summed E-state index contributed by atoms with van der Waals surface area (Å²) in [7, 11) is -3.47. The van der Waals surface area contributed by atoms with E-state index in [1.165, 1.54) is 0 Å². The summed E-state index contributed by atoms with van der Waals surface area (Å²) in [5.41, 5.74) is 5.88. The normalized spacial score (nSPS) is 20.7. The number of carbonyl (C=O) groups excluding carboxylic acids is 1. The molecule has 1 aromatic rings. The molecule has 2 unspecified atom stereocenters. The molecule has 0 radical (unpaired) electrons. The van der Waals surface area contributed by atoms with Gasteiger partial charge in [-0.3, -0.25) is 4.79 Å². The van der Waals surface area contributed by atoms with Crippen molar-refractivity contribution in [2.24, 2.45) is 11.7 Å². The highest BCUT2D eigenvalue weighted by Gasteiger charge is 2.29. The van der Waals surface area contributed by atoms with Gasteiger partial charge >= 0.3 is 0 Å². The first-order valence-corrected chi connectivity index (χ1v) is 9.77. The van der Waals surface area contributed by atoms with Crippen molar-refractivity contribution in [3.05, 3.63) is 28.7 Å². The molecule has 0 bridgehead atoms. The van der Waals surface area contributed by atoms with Crippen molar-refractivity contribution < 1.29 is 13.2 Å². The van der Waals surface area contributed by atoms with Crippen LogP contribution in [0.15, 0.2) is 33.6 Å². The number of nitrogens with zero attached hydrogens (tertiary/aromatic N) is 1. The third kappa shape index (κ3) is 4.30. The van der Waals surface area contributed by atoms with Crippen LogP contribution in [0, 0.1) is 5.92 Å². The summed E-state index contributed by atoms with van der Waals surface area (Å²) in [6, 6.07) is 6.46. The maximum atomic E-state index is 12.4. The van der Waals surface area contributed by atoms with E-state index in [1.54, 1.807) is 36.1 Å². The van der Waals surface area contributed by atoms with Gasteiger partial charge in [-0.15, -0.1) is 0 Å². The molecule has 0 aliphatic carbocycles. The Labute approximate surface area is 139 Å². The Bertz CT molecular complexity index is 631. The Morgan fingerprint density at radius 2 is 2.05 bits per heavy atom. The Morgan fingerprint density at radius 3 is 2.64 bits per heavy atom. The van der Waals surface area contributed by atoms with Gasteiger partial charge in [0.25, 0.3) is 0 Å². The molecule has 2 rings (SSSR count).